The first-order chi connectivity index (χ1) is 26.4. The Morgan fingerprint density at radius 3 is 1.93 bits per heavy atom. The smallest absolute Gasteiger partial charge is 0.408 e. The fourth-order valence-electron chi connectivity index (χ4n) is 5.17. The van der Waals surface area contributed by atoms with Crippen LogP contribution in [0.5, 0.6) is 0 Å². The second-order valence-corrected chi connectivity index (χ2v) is 15.2. The molecule has 0 aromatic heterocycles. The molecule has 0 aliphatic rings. The van der Waals surface area contributed by atoms with Crippen molar-refractivity contribution < 1.29 is 52.5 Å². The molecule has 1 aromatic carbocycles. The van der Waals surface area contributed by atoms with E-state index in [1.807, 2.05) is 26.8 Å². The van der Waals surface area contributed by atoms with Gasteiger partial charge in [0.25, 0.3) is 0 Å². The number of carbonyl (C=O) groups excluding carboxylic acids is 7. The number of rotatable bonds is 24. The number of hydrogen-bond donors (Lipinski definition) is 5. The van der Waals surface area contributed by atoms with E-state index in [1.54, 1.807) is 65.8 Å². The Hall–Kier alpha value is -4.89. The van der Waals surface area contributed by atoms with Crippen LogP contribution in [0.25, 0.3) is 0 Å². The number of unbranched alkanes of at least 4 members (excludes halogenated alkanes) is 2. The van der Waals surface area contributed by atoms with Gasteiger partial charge in [-0.2, -0.15) is 0 Å². The molecule has 56 heavy (non-hydrogen) atoms. The molecule has 0 aliphatic heterocycles. The molecule has 316 valence electrons. The summed E-state index contributed by atoms with van der Waals surface area (Å²) in [7, 11) is 0. The highest BCUT2D eigenvalue weighted by Crippen LogP contribution is 2.12. The van der Waals surface area contributed by atoms with Gasteiger partial charge in [0.2, 0.25) is 17.7 Å². The molecule has 1 rings (SSSR count). The molecule has 0 unspecified atom stereocenters. The lowest BCUT2D eigenvalue weighted by molar-refractivity contribution is -0.153. The van der Waals surface area contributed by atoms with E-state index < -0.39 is 84.0 Å². The van der Waals surface area contributed by atoms with Crippen molar-refractivity contribution in [2.24, 2.45) is 11.8 Å². The van der Waals surface area contributed by atoms with Gasteiger partial charge in [-0.05, 0) is 77.2 Å². The number of esters is 2. The second-order valence-electron chi connectivity index (χ2n) is 15.2. The van der Waals surface area contributed by atoms with Crippen LogP contribution in [-0.4, -0.2) is 91.4 Å². The van der Waals surface area contributed by atoms with Gasteiger partial charge < -0.3 is 45.5 Å². The largest absolute Gasteiger partial charge is 0.466 e. The molecule has 0 saturated heterocycles. The monoisotopic (exact) mass is 791 g/mol. The standard InChI is InChI=1S/C40H65N5O11/c1-10-12-22-54-32(46)24-31(37(50)53-11-2)43-35(48)30(23-26(3)4)42-36(49)33(27(5)6)45-34(47)29(20-16-17-21-41-38(51)56-40(7,8)9)44-39(52)55-25-28-18-14-13-15-19-28/h13-15,18-19,26-27,29-31,33H,10-12,16-17,20-25H2,1-9H3,(H,41,51)(H,42,49)(H,43,48)(H,44,52)(H,45,47)/t29-,30-,31-,33-/m0/s1. The molecule has 16 nitrogen and oxygen atoms in total. The van der Waals surface area contributed by atoms with Gasteiger partial charge in [0.05, 0.1) is 19.6 Å². The molecule has 5 amide bonds. The molecule has 16 heteroatoms. The van der Waals surface area contributed by atoms with Crippen LogP contribution in [0.4, 0.5) is 9.59 Å². The predicted octanol–water partition coefficient (Wildman–Crippen LogP) is 4.43. The Kier molecular flexibility index (Phi) is 22.9. The van der Waals surface area contributed by atoms with Crippen molar-refractivity contribution in [3.63, 3.8) is 0 Å². The van der Waals surface area contributed by atoms with E-state index in [2.05, 4.69) is 26.6 Å². The predicted molar refractivity (Wildman–Crippen MR) is 209 cm³/mol. The first kappa shape index (κ1) is 49.1. The maximum absolute atomic E-state index is 13.8. The summed E-state index contributed by atoms with van der Waals surface area (Å²) in [5.74, 6) is -4.11. The van der Waals surface area contributed by atoms with Gasteiger partial charge in [0.15, 0.2) is 0 Å². The minimum atomic E-state index is -1.35. The van der Waals surface area contributed by atoms with E-state index >= 15 is 0 Å². The highest BCUT2D eigenvalue weighted by atomic mass is 16.6. The Bertz CT molecular complexity index is 1400. The molecule has 0 spiro atoms. The zero-order valence-corrected chi connectivity index (χ0v) is 34.6. The zero-order chi connectivity index (χ0) is 42.3. The van der Waals surface area contributed by atoms with E-state index in [1.165, 1.54) is 0 Å². The fourth-order valence-corrected chi connectivity index (χ4v) is 5.17. The van der Waals surface area contributed by atoms with Crippen molar-refractivity contribution in [2.45, 2.75) is 144 Å². The van der Waals surface area contributed by atoms with E-state index in [4.69, 9.17) is 18.9 Å². The van der Waals surface area contributed by atoms with Crippen LogP contribution in [0.3, 0.4) is 0 Å². The lowest BCUT2D eigenvalue weighted by Crippen LogP contribution is -2.59. The molecule has 0 heterocycles. The molecular formula is C40H65N5O11. The van der Waals surface area contributed by atoms with Crippen molar-refractivity contribution in [2.75, 3.05) is 19.8 Å². The fraction of sp³-hybridized carbons (Fsp3) is 0.675. The summed E-state index contributed by atoms with van der Waals surface area (Å²) >= 11 is 0. The van der Waals surface area contributed by atoms with Crippen molar-refractivity contribution in [3.05, 3.63) is 35.9 Å². The molecule has 0 radical (unpaired) electrons. The highest BCUT2D eigenvalue weighted by Gasteiger charge is 2.34. The number of amides is 5. The van der Waals surface area contributed by atoms with Crippen molar-refractivity contribution in [1.82, 2.24) is 26.6 Å². The molecule has 0 fully saturated rings. The summed E-state index contributed by atoms with van der Waals surface area (Å²) < 4.78 is 20.9. The summed E-state index contributed by atoms with van der Waals surface area (Å²) in [6, 6.07) is 4.24. The van der Waals surface area contributed by atoms with Gasteiger partial charge in [-0.15, -0.1) is 0 Å². The second kappa shape index (κ2) is 26.1. The minimum absolute atomic E-state index is 0.0155. The van der Waals surface area contributed by atoms with E-state index in [0.717, 1.165) is 12.0 Å². The number of nitrogens with one attached hydrogen (secondary N) is 5. The maximum Gasteiger partial charge on any atom is 0.408 e. The maximum atomic E-state index is 13.8. The van der Waals surface area contributed by atoms with Gasteiger partial charge >= 0.3 is 24.1 Å². The quantitative estimate of drug-likeness (QED) is 0.0561. The Balaban J connectivity index is 3.13. The zero-order valence-electron chi connectivity index (χ0n) is 34.6. The van der Waals surface area contributed by atoms with Crippen LogP contribution in [0, 0.1) is 11.8 Å². The van der Waals surface area contributed by atoms with Crippen LogP contribution in [0.2, 0.25) is 0 Å². The minimum Gasteiger partial charge on any atom is -0.466 e. The van der Waals surface area contributed by atoms with Crippen molar-refractivity contribution in [1.29, 1.82) is 0 Å². The number of alkyl carbamates (subject to hydrolysis) is 2. The third-order valence-corrected chi connectivity index (χ3v) is 8.02. The molecule has 1 aromatic rings. The van der Waals surface area contributed by atoms with Gasteiger partial charge in [0.1, 0.15) is 36.4 Å². The Morgan fingerprint density at radius 2 is 1.34 bits per heavy atom. The lowest BCUT2D eigenvalue weighted by atomic mass is 9.99. The number of benzene rings is 1. The van der Waals surface area contributed by atoms with E-state index in [-0.39, 0.29) is 45.1 Å². The third-order valence-electron chi connectivity index (χ3n) is 8.02. The Morgan fingerprint density at radius 1 is 0.696 bits per heavy atom. The molecule has 0 aliphatic carbocycles. The molecular weight excluding hydrogens is 726 g/mol. The third kappa shape index (κ3) is 21.3. The first-order valence-corrected chi connectivity index (χ1v) is 19.5. The van der Waals surface area contributed by atoms with Crippen molar-refractivity contribution >= 4 is 41.8 Å². The summed E-state index contributed by atoms with van der Waals surface area (Å²) in [5.41, 5.74) is 0.0813. The first-order valence-electron chi connectivity index (χ1n) is 19.5. The van der Waals surface area contributed by atoms with Gasteiger partial charge in [-0.3, -0.25) is 19.2 Å². The van der Waals surface area contributed by atoms with E-state index in [9.17, 15) is 33.6 Å². The molecule has 0 saturated carbocycles. The molecule has 0 bridgehead atoms. The van der Waals surface area contributed by atoms with Crippen LogP contribution >= 0.6 is 0 Å². The van der Waals surface area contributed by atoms with Crippen LogP contribution in [-0.2, 0) is 49.5 Å². The summed E-state index contributed by atoms with van der Waals surface area (Å²) in [5, 5.41) is 13.2. The molecule has 5 N–H and O–H groups in total. The number of hydrogen-bond acceptors (Lipinski definition) is 11. The van der Waals surface area contributed by atoms with Gasteiger partial charge in [0, 0.05) is 6.54 Å². The number of carbonyl (C=O) groups is 7. The SMILES string of the molecule is CCCCOC(=O)C[C@H](NC(=O)[C@H](CC(C)C)NC(=O)[C@@H](NC(=O)[C@H](CCCCNC(=O)OC(C)(C)C)NC(=O)OCc1ccccc1)C(C)C)C(=O)OCC. The molecule has 4 atom stereocenters. The van der Waals surface area contributed by atoms with E-state index in [0.29, 0.717) is 19.3 Å². The topological polar surface area (TPSA) is 217 Å². The van der Waals surface area contributed by atoms with Gasteiger partial charge in [-0.25, -0.2) is 14.4 Å². The highest BCUT2D eigenvalue weighted by molar-refractivity contribution is 5.95. The summed E-state index contributed by atoms with van der Waals surface area (Å²) in [6.45, 7) is 16.3. The van der Waals surface area contributed by atoms with Gasteiger partial charge in [-0.1, -0.05) is 71.4 Å². The summed E-state index contributed by atoms with van der Waals surface area (Å²) in [6.07, 6.45) is 0.721. The number of ether oxygens (including phenoxy) is 4. The van der Waals surface area contributed by atoms with Crippen LogP contribution in [0.1, 0.15) is 113 Å². The van der Waals surface area contributed by atoms with Crippen LogP contribution < -0.4 is 26.6 Å². The average Bonchev–Trinajstić information content (AvgIpc) is 3.11. The lowest BCUT2D eigenvalue weighted by Gasteiger charge is -2.28. The average molecular weight is 792 g/mol. The summed E-state index contributed by atoms with van der Waals surface area (Å²) in [4.78, 5) is 91.2. The van der Waals surface area contributed by atoms with Crippen LogP contribution in [0.15, 0.2) is 30.3 Å². The normalized spacial score (nSPS) is 13.3. The van der Waals surface area contributed by atoms with Crippen molar-refractivity contribution in [3.8, 4) is 0 Å². The Labute approximate surface area is 331 Å².